The molecule has 26 aromatic rings. The normalized spacial score (nSPS) is 11.8. The van der Waals surface area contributed by atoms with Crippen molar-refractivity contribution in [2.75, 3.05) is 0 Å². The van der Waals surface area contributed by atoms with Gasteiger partial charge in [0.1, 0.15) is 22.3 Å². The summed E-state index contributed by atoms with van der Waals surface area (Å²) < 4.78 is 23.4. The van der Waals surface area contributed by atoms with Crippen molar-refractivity contribution in [3.63, 3.8) is 0 Å². The zero-order valence-corrected chi connectivity index (χ0v) is 69.2. The van der Waals surface area contributed by atoms with Gasteiger partial charge in [-0.1, -0.05) is 322 Å². The molecule has 0 unspecified atom stereocenters. The van der Waals surface area contributed by atoms with Gasteiger partial charge in [-0.3, -0.25) is 0 Å². The summed E-state index contributed by atoms with van der Waals surface area (Å²) in [6.07, 6.45) is 0. The molecule has 0 N–H and O–H groups in total. The predicted octanol–water partition coefficient (Wildman–Crippen LogP) is 31.7. The number of benzene rings is 18. The van der Waals surface area contributed by atoms with Gasteiger partial charge in [0, 0.05) is 129 Å². The van der Waals surface area contributed by atoms with E-state index in [2.05, 4.69) is 343 Å². The van der Waals surface area contributed by atoms with E-state index in [1.165, 1.54) is 62.6 Å². The lowest BCUT2D eigenvalue weighted by Gasteiger charge is -2.14. The summed E-state index contributed by atoms with van der Waals surface area (Å²) in [7, 11) is 0. The molecule has 0 fully saturated rings. The Morgan fingerprint density at radius 1 is 0.198 bits per heavy atom. The van der Waals surface area contributed by atoms with Gasteiger partial charge in [0.2, 0.25) is 0 Å². The van der Waals surface area contributed by atoms with Crippen LogP contribution in [0, 0.1) is 0 Å². The highest BCUT2D eigenvalue weighted by Crippen LogP contribution is 2.50. The number of hydrogen-bond donors (Lipinski definition) is 0. The molecule has 0 aliphatic carbocycles. The maximum Gasteiger partial charge on any atom is 0.164 e. The molecule has 0 aliphatic rings. The first-order valence-electron chi connectivity index (χ1n) is 42.3. The van der Waals surface area contributed by atoms with Gasteiger partial charge >= 0.3 is 0 Å². The molecule has 0 saturated carbocycles. The molecule has 18 aromatic carbocycles. The van der Waals surface area contributed by atoms with E-state index in [1.807, 2.05) is 108 Å². The summed E-state index contributed by atoms with van der Waals surface area (Å²) in [6.45, 7) is 0. The van der Waals surface area contributed by atoms with Crippen LogP contribution in [0.3, 0.4) is 0 Å². The first kappa shape index (κ1) is 72.5. The Morgan fingerprint density at radius 2 is 0.540 bits per heavy atom. The van der Waals surface area contributed by atoms with Gasteiger partial charge in [-0.2, -0.15) is 0 Å². The summed E-state index contributed by atoms with van der Waals surface area (Å²) in [4.78, 5) is 25.4. The van der Waals surface area contributed by atoms with Crippen molar-refractivity contribution in [1.82, 2.24) is 34.1 Å². The fraction of sp³-hybridized carbons (Fsp3) is 0. The van der Waals surface area contributed by atoms with Crippen LogP contribution in [0.1, 0.15) is 0 Å². The van der Waals surface area contributed by atoms with Crippen LogP contribution in [0.15, 0.2) is 427 Å². The highest BCUT2D eigenvalue weighted by molar-refractivity contribution is 7.26. The largest absolute Gasteiger partial charge is 0.455 e. The van der Waals surface area contributed by atoms with E-state index in [9.17, 15) is 0 Å². The van der Waals surface area contributed by atoms with E-state index in [-0.39, 0.29) is 0 Å². The average Bonchev–Trinajstić information content (AvgIpc) is 1.55. The fourth-order valence-electron chi connectivity index (χ4n) is 18.7. The number of para-hydroxylation sites is 2. The van der Waals surface area contributed by atoms with E-state index in [0.717, 1.165) is 166 Å². The topological polar surface area (TPSA) is 101 Å². The lowest BCUT2D eigenvalue weighted by Crippen LogP contribution is -2.00. The van der Waals surface area contributed by atoms with Crippen LogP contribution in [0.4, 0.5) is 0 Å². The number of fused-ring (bicyclic) bond motifs is 20. The molecule has 8 aromatic heterocycles. The highest BCUT2D eigenvalue weighted by Gasteiger charge is 2.26. The smallest absolute Gasteiger partial charge is 0.164 e. The third-order valence-electron chi connectivity index (χ3n) is 24.7. The summed E-state index contributed by atoms with van der Waals surface area (Å²) in [5.41, 5.74) is 27.1. The number of hydrogen-bond acceptors (Lipinski definition) is 9. The standard InChI is InChI=1S/C58H35N3OS.C57H34N4OS/c1-4-14-36(15-5-1)41-28-29-46-52(32-41)61(51-31-30-45-43-20-10-12-22-53(43)62-56(45)55(46)51)42-33-47(57-48(34-42)44-21-11-13-23-54(44)63-57)37-24-26-40(27-25-37)58-59-49(38-16-6-2-7-17-38)35-50(60-58)39-18-8-3-9-19-39;1-4-15-35(16-5-1)38-27-28-45-49(32-38)61(48-30-29-44-42-23-10-12-25-50(42)62-53(44)52(45)48)41-33-46(54-47(34-41)43-24-11-13-26-51(43)63-54)39-21-14-22-40(31-39)57-59-55(36-17-6-2-7-18-36)58-56(60-57)37-19-8-3-9-20-37/h1-35H;1-34H. The van der Waals surface area contributed by atoms with Gasteiger partial charge in [-0.05, 0) is 130 Å². The Hall–Kier alpha value is -16.3. The van der Waals surface area contributed by atoms with Crippen LogP contribution >= 0.6 is 22.7 Å². The van der Waals surface area contributed by atoms with Gasteiger partial charge in [0.15, 0.2) is 23.3 Å². The minimum atomic E-state index is 0.624. The van der Waals surface area contributed by atoms with Crippen LogP contribution < -0.4 is 0 Å². The summed E-state index contributed by atoms with van der Waals surface area (Å²) >= 11 is 3.69. The van der Waals surface area contributed by atoms with Crippen molar-refractivity contribution in [1.29, 1.82) is 0 Å². The van der Waals surface area contributed by atoms with Crippen molar-refractivity contribution in [3.05, 3.63) is 419 Å². The van der Waals surface area contributed by atoms with Gasteiger partial charge in [0.25, 0.3) is 0 Å². The van der Waals surface area contributed by atoms with Crippen molar-refractivity contribution >= 4 is 151 Å². The molecule has 588 valence electrons. The SMILES string of the molecule is c1ccc(-c2ccc3c4c5oc6ccccc6c5ccc4n(-c4cc(-c5ccc(-c6nc(-c7ccccc7)cc(-c7ccccc7)n6)cc5)c5sc6ccccc6c5c4)c3c2)cc1.c1ccc(-c2ccc3c4c5oc6ccccc6c5ccc4n(-c4cc(-c5cccc(-c6nc(-c7ccccc7)nc(-c7ccccc7)n6)c5)c5sc6ccccc6c5c4)c3c2)cc1. The van der Waals surface area contributed by atoms with Crippen LogP contribution in [0.2, 0.25) is 0 Å². The van der Waals surface area contributed by atoms with E-state index >= 15 is 0 Å². The van der Waals surface area contributed by atoms with Gasteiger partial charge in [-0.25, -0.2) is 24.9 Å². The number of aromatic nitrogens is 7. The van der Waals surface area contributed by atoms with Crippen LogP contribution in [0.25, 0.3) is 252 Å². The number of furan rings is 2. The maximum absolute atomic E-state index is 6.75. The molecule has 11 heteroatoms. The molecular formula is C115H69N7O2S2. The Kier molecular flexibility index (Phi) is 17.1. The Balaban J connectivity index is 0.000000137. The molecule has 8 heterocycles. The van der Waals surface area contributed by atoms with Gasteiger partial charge < -0.3 is 18.0 Å². The van der Waals surface area contributed by atoms with Crippen LogP contribution in [-0.4, -0.2) is 34.1 Å². The summed E-state index contributed by atoms with van der Waals surface area (Å²) in [6, 6.07) is 148. The zero-order valence-electron chi connectivity index (χ0n) is 67.6. The molecule has 126 heavy (non-hydrogen) atoms. The second-order valence-corrected chi connectivity index (χ2v) is 34.2. The molecule has 0 atom stereocenters. The third kappa shape index (κ3) is 12.3. The highest BCUT2D eigenvalue weighted by atomic mass is 32.1. The zero-order chi connectivity index (χ0) is 82.9. The first-order valence-corrected chi connectivity index (χ1v) is 43.9. The minimum absolute atomic E-state index is 0.624. The molecule has 0 amide bonds. The van der Waals surface area contributed by atoms with Crippen molar-refractivity contribution in [3.8, 4) is 124 Å². The monoisotopic (exact) mass is 1640 g/mol. The van der Waals surface area contributed by atoms with E-state index < -0.39 is 0 Å². The maximum atomic E-state index is 6.75. The molecule has 0 bridgehead atoms. The fourth-order valence-corrected chi connectivity index (χ4v) is 21.1. The average molecular weight is 1640 g/mol. The quantitative estimate of drug-likeness (QED) is 0.120. The van der Waals surface area contributed by atoms with E-state index in [1.54, 1.807) is 0 Å². The van der Waals surface area contributed by atoms with E-state index in [0.29, 0.717) is 23.3 Å². The van der Waals surface area contributed by atoms with Gasteiger partial charge in [-0.15, -0.1) is 22.7 Å². The Bertz CT molecular complexity index is 8710. The van der Waals surface area contributed by atoms with E-state index in [4.69, 9.17) is 33.8 Å². The van der Waals surface area contributed by atoms with Crippen molar-refractivity contribution < 1.29 is 8.83 Å². The Labute approximate surface area is 730 Å². The predicted molar refractivity (Wildman–Crippen MR) is 525 cm³/mol. The van der Waals surface area contributed by atoms with Crippen molar-refractivity contribution in [2.45, 2.75) is 0 Å². The van der Waals surface area contributed by atoms with Gasteiger partial charge in [0.05, 0.1) is 44.2 Å². The summed E-state index contributed by atoms with van der Waals surface area (Å²) in [5.74, 6) is 2.59. The first-order chi connectivity index (χ1) is 62.4. The molecule has 0 saturated heterocycles. The molecule has 26 rings (SSSR count). The van der Waals surface area contributed by atoms with Crippen LogP contribution in [-0.2, 0) is 0 Å². The molecule has 0 spiro atoms. The number of rotatable bonds is 12. The third-order valence-corrected chi connectivity index (χ3v) is 27.1. The second-order valence-electron chi connectivity index (χ2n) is 32.1. The molecular weight excluding hydrogens is 1580 g/mol. The number of nitrogens with zero attached hydrogens (tertiary/aromatic N) is 7. The minimum Gasteiger partial charge on any atom is -0.455 e. The lowest BCUT2D eigenvalue weighted by atomic mass is 9.99. The summed E-state index contributed by atoms with van der Waals surface area (Å²) in [5, 5.41) is 13.9. The molecule has 0 aliphatic heterocycles. The lowest BCUT2D eigenvalue weighted by molar-refractivity contribution is 0.672. The second kappa shape index (κ2) is 29.8. The molecule has 0 radical (unpaired) electrons. The van der Waals surface area contributed by atoms with Crippen molar-refractivity contribution in [2.24, 2.45) is 0 Å². The van der Waals surface area contributed by atoms with Crippen LogP contribution in [0.5, 0.6) is 0 Å². The molecule has 9 nitrogen and oxygen atoms in total. The number of thiophene rings is 2. The Morgan fingerprint density at radius 3 is 1.00 bits per heavy atom.